The molecule has 0 aliphatic heterocycles. The van der Waals surface area contributed by atoms with Crippen LogP contribution in [0.25, 0.3) is 11.3 Å². The van der Waals surface area contributed by atoms with Crippen LogP contribution in [0.2, 0.25) is 5.02 Å². The van der Waals surface area contributed by atoms with E-state index in [1.807, 2.05) is 0 Å². The molecule has 0 unspecified atom stereocenters. The average Bonchev–Trinajstić information content (AvgIpc) is 2.90. The third-order valence-corrected chi connectivity index (χ3v) is 2.67. The zero-order valence-corrected chi connectivity index (χ0v) is 10.7. The quantitative estimate of drug-likeness (QED) is 0.799. The molecule has 0 amide bonds. The van der Waals surface area contributed by atoms with E-state index in [9.17, 15) is 4.79 Å². The topological polar surface area (TPSA) is 48.7 Å². The Bertz CT molecular complexity index is 561. The van der Waals surface area contributed by atoms with E-state index in [4.69, 9.17) is 25.5 Å². The summed E-state index contributed by atoms with van der Waals surface area (Å²) in [6, 6.07) is 6.67. The zero-order chi connectivity index (χ0) is 13.1. The number of benzene rings is 1. The van der Waals surface area contributed by atoms with Crippen molar-refractivity contribution in [2.45, 2.75) is 0 Å². The molecule has 0 aliphatic rings. The number of methoxy groups -OCH3 is 2. The third kappa shape index (κ3) is 2.19. The van der Waals surface area contributed by atoms with Gasteiger partial charge in [0.05, 0.1) is 26.0 Å². The number of rotatable bonds is 3. The van der Waals surface area contributed by atoms with Crippen molar-refractivity contribution in [3.05, 3.63) is 41.1 Å². The van der Waals surface area contributed by atoms with Crippen molar-refractivity contribution < 1.29 is 18.7 Å². The molecule has 0 spiro atoms. The van der Waals surface area contributed by atoms with Crippen molar-refractivity contribution in [1.29, 1.82) is 0 Å². The van der Waals surface area contributed by atoms with Gasteiger partial charge in [0.15, 0.2) is 0 Å². The van der Waals surface area contributed by atoms with Crippen LogP contribution in [-0.2, 0) is 4.74 Å². The monoisotopic (exact) mass is 266 g/mol. The molecule has 0 saturated carbocycles. The standard InChI is InChI=1S/C13H11ClO4/c1-16-12-9(11-4-3-5-18-11)6-8(14)7-10(12)13(15)17-2/h3-7H,1-2H3. The molecule has 1 heterocycles. The van der Waals surface area contributed by atoms with Crippen LogP contribution < -0.4 is 4.74 Å². The number of ether oxygens (including phenoxy) is 2. The van der Waals surface area contributed by atoms with Crippen molar-refractivity contribution in [1.82, 2.24) is 0 Å². The van der Waals surface area contributed by atoms with Gasteiger partial charge in [-0.25, -0.2) is 4.79 Å². The number of hydrogen-bond acceptors (Lipinski definition) is 4. The fraction of sp³-hybridized carbons (Fsp3) is 0.154. The predicted octanol–water partition coefficient (Wildman–Crippen LogP) is 3.40. The first-order valence-electron chi connectivity index (χ1n) is 5.17. The molecule has 1 aromatic carbocycles. The van der Waals surface area contributed by atoms with E-state index < -0.39 is 5.97 Å². The molecule has 2 aromatic rings. The molecule has 0 saturated heterocycles. The Labute approximate surface area is 109 Å². The summed E-state index contributed by atoms with van der Waals surface area (Å²) < 4.78 is 15.3. The second kappa shape index (κ2) is 5.14. The lowest BCUT2D eigenvalue weighted by Gasteiger charge is -2.11. The van der Waals surface area contributed by atoms with Crippen molar-refractivity contribution in [2.24, 2.45) is 0 Å². The highest BCUT2D eigenvalue weighted by molar-refractivity contribution is 6.31. The Morgan fingerprint density at radius 2 is 2.11 bits per heavy atom. The average molecular weight is 267 g/mol. The zero-order valence-electron chi connectivity index (χ0n) is 9.90. The lowest BCUT2D eigenvalue weighted by Crippen LogP contribution is -2.05. The molecule has 0 bridgehead atoms. The van der Waals surface area contributed by atoms with Crippen molar-refractivity contribution in [3.63, 3.8) is 0 Å². The summed E-state index contributed by atoms with van der Waals surface area (Å²) in [6.45, 7) is 0. The lowest BCUT2D eigenvalue weighted by molar-refractivity contribution is 0.0597. The third-order valence-electron chi connectivity index (χ3n) is 2.45. The largest absolute Gasteiger partial charge is 0.495 e. The predicted molar refractivity (Wildman–Crippen MR) is 67.0 cm³/mol. The van der Waals surface area contributed by atoms with Crippen LogP contribution in [0.5, 0.6) is 5.75 Å². The van der Waals surface area contributed by atoms with E-state index in [1.165, 1.54) is 26.5 Å². The van der Waals surface area contributed by atoms with E-state index in [1.54, 1.807) is 18.2 Å². The molecular formula is C13H11ClO4. The minimum atomic E-state index is -0.512. The summed E-state index contributed by atoms with van der Waals surface area (Å²) in [4.78, 5) is 11.7. The van der Waals surface area contributed by atoms with Gasteiger partial charge in [0, 0.05) is 5.02 Å². The van der Waals surface area contributed by atoms with Crippen LogP contribution in [0.4, 0.5) is 0 Å². The van der Waals surface area contributed by atoms with E-state index >= 15 is 0 Å². The highest BCUT2D eigenvalue weighted by Gasteiger charge is 2.20. The van der Waals surface area contributed by atoms with Crippen molar-refractivity contribution in [3.8, 4) is 17.1 Å². The van der Waals surface area contributed by atoms with Crippen LogP contribution in [0.15, 0.2) is 34.9 Å². The van der Waals surface area contributed by atoms with Gasteiger partial charge in [-0.15, -0.1) is 0 Å². The van der Waals surface area contributed by atoms with Gasteiger partial charge in [-0.1, -0.05) is 11.6 Å². The summed E-state index contributed by atoms with van der Waals surface area (Å²) in [5.41, 5.74) is 0.870. The first-order valence-corrected chi connectivity index (χ1v) is 5.55. The smallest absolute Gasteiger partial charge is 0.341 e. The van der Waals surface area contributed by atoms with Crippen LogP contribution in [0.3, 0.4) is 0 Å². The molecule has 0 radical (unpaired) electrons. The second-order valence-corrected chi connectivity index (χ2v) is 3.94. The fourth-order valence-electron chi connectivity index (χ4n) is 1.69. The van der Waals surface area contributed by atoms with Gasteiger partial charge in [0.25, 0.3) is 0 Å². The first-order chi connectivity index (χ1) is 8.67. The molecule has 0 aliphatic carbocycles. The van der Waals surface area contributed by atoms with E-state index in [0.717, 1.165) is 0 Å². The summed E-state index contributed by atoms with van der Waals surface area (Å²) in [5.74, 6) is 0.433. The van der Waals surface area contributed by atoms with Crippen LogP contribution in [0.1, 0.15) is 10.4 Å². The Morgan fingerprint density at radius 3 is 2.67 bits per heavy atom. The number of hydrogen-bond donors (Lipinski definition) is 0. The molecule has 18 heavy (non-hydrogen) atoms. The summed E-state index contributed by atoms with van der Waals surface area (Å²) in [7, 11) is 2.78. The molecule has 0 atom stereocenters. The molecule has 94 valence electrons. The van der Waals surface area contributed by atoms with Crippen LogP contribution >= 0.6 is 11.6 Å². The second-order valence-electron chi connectivity index (χ2n) is 3.50. The Hall–Kier alpha value is -1.94. The number of carbonyl (C=O) groups is 1. The Morgan fingerprint density at radius 1 is 1.33 bits per heavy atom. The van der Waals surface area contributed by atoms with E-state index in [-0.39, 0.29) is 5.56 Å². The molecule has 1 aromatic heterocycles. The van der Waals surface area contributed by atoms with Crippen LogP contribution in [-0.4, -0.2) is 20.2 Å². The van der Waals surface area contributed by atoms with Gasteiger partial charge in [-0.3, -0.25) is 0 Å². The molecule has 4 nitrogen and oxygen atoms in total. The normalized spacial score (nSPS) is 10.2. The molecule has 2 rings (SSSR count). The molecule has 0 fully saturated rings. The molecule has 0 N–H and O–H groups in total. The van der Waals surface area contributed by atoms with Gasteiger partial charge in [0.1, 0.15) is 17.1 Å². The molecule has 5 heteroatoms. The van der Waals surface area contributed by atoms with Crippen LogP contribution in [0, 0.1) is 0 Å². The van der Waals surface area contributed by atoms with E-state index in [0.29, 0.717) is 22.1 Å². The summed E-state index contributed by atoms with van der Waals surface area (Å²) in [6.07, 6.45) is 1.54. The van der Waals surface area contributed by atoms with Crippen molar-refractivity contribution in [2.75, 3.05) is 14.2 Å². The number of esters is 1. The number of carbonyl (C=O) groups excluding carboxylic acids is 1. The SMILES string of the molecule is COC(=O)c1cc(Cl)cc(-c2ccco2)c1OC. The fourth-order valence-corrected chi connectivity index (χ4v) is 1.91. The lowest BCUT2D eigenvalue weighted by atomic mass is 10.1. The Balaban J connectivity index is 2.66. The van der Waals surface area contributed by atoms with Gasteiger partial charge >= 0.3 is 5.97 Å². The highest BCUT2D eigenvalue weighted by Crippen LogP contribution is 2.36. The number of furan rings is 1. The maximum Gasteiger partial charge on any atom is 0.341 e. The summed E-state index contributed by atoms with van der Waals surface area (Å²) >= 11 is 5.99. The highest BCUT2D eigenvalue weighted by atomic mass is 35.5. The van der Waals surface area contributed by atoms with E-state index in [2.05, 4.69) is 0 Å². The van der Waals surface area contributed by atoms with Crippen molar-refractivity contribution >= 4 is 17.6 Å². The minimum absolute atomic E-state index is 0.263. The summed E-state index contributed by atoms with van der Waals surface area (Å²) in [5, 5.41) is 0.405. The maximum absolute atomic E-state index is 11.7. The van der Waals surface area contributed by atoms with Gasteiger partial charge < -0.3 is 13.9 Å². The Kier molecular flexibility index (Phi) is 3.58. The number of halogens is 1. The van der Waals surface area contributed by atoms with Gasteiger partial charge in [-0.05, 0) is 24.3 Å². The maximum atomic E-state index is 11.7. The van der Waals surface area contributed by atoms with Gasteiger partial charge in [0.2, 0.25) is 0 Å². The minimum Gasteiger partial charge on any atom is -0.495 e. The van der Waals surface area contributed by atoms with Gasteiger partial charge in [-0.2, -0.15) is 0 Å². The first kappa shape index (κ1) is 12.5. The molecular weight excluding hydrogens is 256 g/mol.